The number of amides is 1. The van der Waals surface area contributed by atoms with Crippen molar-refractivity contribution in [1.29, 1.82) is 0 Å². The van der Waals surface area contributed by atoms with Crippen LogP contribution in [0.25, 0.3) is 0 Å². The summed E-state index contributed by atoms with van der Waals surface area (Å²) in [6, 6.07) is 16.9. The van der Waals surface area contributed by atoms with E-state index in [4.69, 9.17) is 25.8 Å². The Labute approximate surface area is 222 Å². The molecule has 5 rings (SSSR count). The number of anilines is 1. The van der Waals surface area contributed by atoms with E-state index in [1.807, 2.05) is 0 Å². The molecular formula is C28H22ClNO8. The molecule has 0 saturated carbocycles. The van der Waals surface area contributed by atoms with E-state index in [2.05, 4.69) is 5.32 Å². The monoisotopic (exact) mass is 535 g/mol. The van der Waals surface area contributed by atoms with Crippen LogP contribution in [0.15, 0.2) is 66.7 Å². The summed E-state index contributed by atoms with van der Waals surface area (Å²) in [6.07, 6.45) is -1.24. The Balaban J connectivity index is 1.62. The third-order valence-corrected chi connectivity index (χ3v) is 7.20. The first kappa shape index (κ1) is 25.4. The van der Waals surface area contributed by atoms with Crippen LogP contribution >= 0.6 is 11.6 Å². The number of aliphatic carboxylic acids is 1. The Morgan fingerprint density at radius 3 is 2.08 bits per heavy atom. The van der Waals surface area contributed by atoms with Gasteiger partial charge in [0.1, 0.15) is 5.92 Å². The van der Waals surface area contributed by atoms with E-state index in [9.17, 15) is 24.3 Å². The lowest BCUT2D eigenvalue weighted by Gasteiger charge is -2.25. The van der Waals surface area contributed by atoms with Crippen LogP contribution in [0.5, 0.6) is 11.5 Å². The van der Waals surface area contributed by atoms with Crippen molar-refractivity contribution in [2.24, 2.45) is 11.8 Å². The van der Waals surface area contributed by atoms with Crippen LogP contribution in [0.1, 0.15) is 32.4 Å². The first-order valence-electron chi connectivity index (χ1n) is 11.6. The predicted octanol–water partition coefficient (Wildman–Crippen LogP) is 4.20. The van der Waals surface area contributed by atoms with Gasteiger partial charge < -0.3 is 24.6 Å². The Morgan fingerprint density at radius 2 is 1.53 bits per heavy atom. The number of benzene rings is 3. The number of hydrogen-bond donors (Lipinski definition) is 2. The Bertz CT molecular complexity index is 1430. The maximum Gasteiger partial charge on any atom is 0.311 e. The number of carbonyl (C=O) groups excluding carboxylic acids is 3. The maximum atomic E-state index is 13.8. The summed E-state index contributed by atoms with van der Waals surface area (Å²) in [7, 11) is 2.90. The van der Waals surface area contributed by atoms with Crippen molar-refractivity contribution in [2.45, 2.75) is 11.7 Å². The fourth-order valence-electron chi connectivity index (χ4n) is 5.23. The molecule has 3 atom stereocenters. The second-order valence-electron chi connectivity index (χ2n) is 8.93. The number of fused-ring (bicyclic) bond motifs is 1. The van der Waals surface area contributed by atoms with Gasteiger partial charge in [-0.3, -0.25) is 19.2 Å². The zero-order valence-electron chi connectivity index (χ0n) is 20.3. The van der Waals surface area contributed by atoms with Gasteiger partial charge in [-0.1, -0.05) is 48.0 Å². The molecular weight excluding hydrogens is 514 g/mol. The van der Waals surface area contributed by atoms with E-state index in [1.54, 1.807) is 48.5 Å². The standard InChI is InChI=1S/C28H22ClNO8/c1-36-19-12-11-16(13-20(19)37-2)30-26(33)21-22(27(34)35)28(38-23(21)14-7-9-15(29)10-8-14)24(31)17-5-3-4-6-18(17)25(28)32/h3-13,21-23H,1-2H3,(H,30,33)(H,34,35). The van der Waals surface area contributed by atoms with Crippen molar-refractivity contribution in [2.75, 3.05) is 19.5 Å². The number of methoxy groups -OCH3 is 2. The summed E-state index contributed by atoms with van der Waals surface area (Å²) in [6.45, 7) is 0. The number of rotatable bonds is 6. The first-order chi connectivity index (χ1) is 18.2. The molecule has 0 bridgehead atoms. The minimum Gasteiger partial charge on any atom is -0.493 e. The molecule has 0 radical (unpaired) electrons. The predicted molar refractivity (Wildman–Crippen MR) is 136 cm³/mol. The van der Waals surface area contributed by atoms with Gasteiger partial charge in [-0.2, -0.15) is 0 Å². The van der Waals surface area contributed by atoms with E-state index in [0.29, 0.717) is 27.8 Å². The highest BCUT2D eigenvalue weighted by molar-refractivity contribution is 6.34. The van der Waals surface area contributed by atoms with E-state index in [1.165, 1.54) is 32.4 Å². The van der Waals surface area contributed by atoms with Crippen molar-refractivity contribution >= 4 is 40.7 Å². The summed E-state index contributed by atoms with van der Waals surface area (Å²) in [5.74, 6) is -6.33. The average Bonchev–Trinajstić information content (AvgIpc) is 3.39. The molecule has 3 unspecified atom stereocenters. The molecule has 2 N–H and O–H groups in total. The summed E-state index contributed by atoms with van der Waals surface area (Å²) in [5.41, 5.74) is -1.61. The number of ether oxygens (including phenoxy) is 3. The molecule has 10 heteroatoms. The van der Waals surface area contributed by atoms with Crippen LogP contribution in [-0.2, 0) is 14.3 Å². The Kier molecular flexibility index (Phi) is 6.42. The van der Waals surface area contributed by atoms with Crippen molar-refractivity contribution in [3.63, 3.8) is 0 Å². The smallest absolute Gasteiger partial charge is 0.311 e. The topological polar surface area (TPSA) is 128 Å². The van der Waals surface area contributed by atoms with Gasteiger partial charge in [0.15, 0.2) is 11.5 Å². The van der Waals surface area contributed by atoms with Gasteiger partial charge in [0.25, 0.3) is 0 Å². The fraction of sp³-hybridized carbons (Fsp3) is 0.214. The zero-order chi connectivity index (χ0) is 27.2. The highest BCUT2D eigenvalue weighted by Crippen LogP contribution is 2.54. The second kappa shape index (κ2) is 9.59. The van der Waals surface area contributed by atoms with E-state index < -0.39 is 47.0 Å². The highest BCUT2D eigenvalue weighted by atomic mass is 35.5. The van der Waals surface area contributed by atoms with Crippen LogP contribution in [-0.4, -0.2) is 48.4 Å². The van der Waals surface area contributed by atoms with Crippen LogP contribution in [0.2, 0.25) is 5.02 Å². The Hall–Kier alpha value is -4.21. The quantitative estimate of drug-likeness (QED) is 0.449. The maximum absolute atomic E-state index is 13.8. The SMILES string of the molecule is COc1ccc(NC(=O)C2C(c3ccc(Cl)cc3)OC3(C(=O)c4ccccc4C3=O)C2C(=O)O)cc1OC. The highest BCUT2D eigenvalue weighted by Gasteiger charge is 2.71. The molecule has 2 aliphatic rings. The first-order valence-corrected chi connectivity index (χ1v) is 12.0. The van der Waals surface area contributed by atoms with Gasteiger partial charge in [0.2, 0.25) is 23.1 Å². The number of carboxylic acid groups (broad SMARTS) is 1. The molecule has 1 saturated heterocycles. The number of Topliss-reactive ketones (excluding diaryl/α,β-unsaturated/α-hetero) is 2. The van der Waals surface area contributed by atoms with Gasteiger partial charge in [-0.05, 0) is 29.8 Å². The lowest BCUT2D eigenvalue weighted by molar-refractivity contribution is -0.147. The number of carbonyl (C=O) groups is 4. The Morgan fingerprint density at radius 1 is 0.921 bits per heavy atom. The van der Waals surface area contributed by atoms with Gasteiger partial charge in [0, 0.05) is 27.9 Å². The minimum absolute atomic E-state index is 0.0551. The third-order valence-electron chi connectivity index (χ3n) is 6.95. The van der Waals surface area contributed by atoms with Crippen LogP contribution in [0, 0.1) is 11.8 Å². The van der Waals surface area contributed by atoms with Crippen LogP contribution in [0.4, 0.5) is 5.69 Å². The van der Waals surface area contributed by atoms with Gasteiger partial charge in [-0.15, -0.1) is 0 Å². The second-order valence-corrected chi connectivity index (χ2v) is 9.37. The lowest BCUT2D eigenvalue weighted by Crippen LogP contribution is -2.52. The largest absolute Gasteiger partial charge is 0.493 e. The molecule has 0 aromatic heterocycles. The molecule has 194 valence electrons. The molecule has 1 aliphatic carbocycles. The van der Waals surface area contributed by atoms with Crippen molar-refractivity contribution < 1.29 is 38.5 Å². The summed E-state index contributed by atoms with van der Waals surface area (Å²) in [5, 5.41) is 13.5. The molecule has 3 aromatic carbocycles. The van der Waals surface area contributed by atoms with E-state index in [0.717, 1.165) is 0 Å². The summed E-state index contributed by atoms with van der Waals surface area (Å²) >= 11 is 6.04. The minimum atomic E-state index is -2.40. The molecule has 1 aliphatic heterocycles. The molecule has 3 aromatic rings. The fourth-order valence-corrected chi connectivity index (χ4v) is 5.36. The van der Waals surface area contributed by atoms with Gasteiger partial charge >= 0.3 is 5.97 Å². The molecule has 38 heavy (non-hydrogen) atoms. The molecule has 1 amide bonds. The molecule has 1 heterocycles. The number of carboxylic acids is 1. The summed E-state index contributed by atoms with van der Waals surface area (Å²) < 4.78 is 16.7. The average molecular weight is 536 g/mol. The van der Waals surface area contributed by atoms with Crippen LogP contribution < -0.4 is 14.8 Å². The molecule has 9 nitrogen and oxygen atoms in total. The lowest BCUT2D eigenvalue weighted by atomic mass is 9.75. The van der Waals surface area contributed by atoms with Crippen LogP contribution in [0.3, 0.4) is 0 Å². The molecule has 1 fully saturated rings. The number of halogens is 1. The normalized spacial score (nSPS) is 21.3. The van der Waals surface area contributed by atoms with E-state index in [-0.39, 0.29) is 11.1 Å². The van der Waals surface area contributed by atoms with Crippen molar-refractivity contribution in [3.05, 3.63) is 88.4 Å². The third kappa shape index (κ3) is 3.82. The summed E-state index contributed by atoms with van der Waals surface area (Å²) in [4.78, 5) is 53.9. The van der Waals surface area contributed by atoms with Gasteiger partial charge in [0.05, 0.1) is 26.2 Å². The number of hydrogen-bond acceptors (Lipinski definition) is 7. The number of ketones is 2. The number of nitrogens with one attached hydrogen (secondary N) is 1. The zero-order valence-corrected chi connectivity index (χ0v) is 21.0. The van der Waals surface area contributed by atoms with E-state index >= 15 is 0 Å². The molecule has 1 spiro atoms. The van der Waals surface area contributed by atoms with Gasteiger partial charge in [-0.25, -0.2) is 0 Å². The van der Waals surface area contributed by atoms with Crippen molar-refractivity contribution in [1.82, 2.24) is 0 Å². The van der Waals surface area contributed by atoms with Crippen molar-refractivity contribution in [3.8, 4) is 11.5 Å².